The predicted molar refractivity (Wildman–Crippen MR) is 171 cm³/mol. The van der Waals surface area contributed by atoms with Gasteiger partial charge in [-0.1, -0.05) is 0 Å². The molecule has 0 radical (unpaired) electrons. The van der Waals surface area contributed by atoms with Crippen molar-refractivity contribution in [3.05, 3.63) is 130 Å². The summed E-state index contributed by atoms with van der Waals surface area (Å²) >= 11 is 0. The lowest BCUT2D eigenvalue weighted by atomic mass is 10.0. The Balaban J connectivity index is 1.60. The van der Waals surface area contributed by atoms with E-state index in [0.29, 0.717) is 41.3 Å². The van der Waals surface area contributed by atoms with Crippen LogP contribution in [0.25, 0.3) is 0 Å². The van der Waals surface area contributed by atoms with Crippen molar-refractivity contribution in [2.75, 3.05) is 23.9 Å². The fourth-order valence-electron chi connectivity index (χ4n) is 4.94. The molecule has 19 heteroatoms. The van der Waals surface area contributed by atoms with Crippen LogP contribution in [0.3, 0.4) is 0 Å². The van der Waals surface area contributed by atoms with Crippen LogP contribution < -0.4 is 24.6 Å². The minimum absolute atomic E-state index is 0.191. The summed E-state index contributed by atoms with van der Waals surface area (Å²) < 4.78 is 140. The molecule has 3 N–H and O–H groups in total. The van der Waals surface area contributed by atoms with E-state index in [1.54, 1.807) is 0 Å². The average molecular weight is 758 g/mol. The number of amides is 4. The predicted octanol–water partition coefficient (Wildman–Crippen LogP) is 4.78. The van der Waals surface area contributed by atoms with Gasteiger partial charge < -0.3 is 15.1 Å². The molecule has 0 bridgehead atoms. The zero-order chi connectivity index (χ0) is 38.5. The summed E-state index contributed by atoms with van der Waals surface area (Å²) in [5.74, 6) is -11.8. The molecular weight excluding hydrogens is 730 g/mol. The van der Waals surface area contributed by atoms with Crippen LogP contribution in [0.1, 0.15) is 11.1 Å². The summed E-state index contributed by atoms with van der Waals surface area (Å²) in [7, 11) is -3.02. The number of hydrogen-bond acceptors (Lipinski definition) is 5. The number of hydrogen-bond donors (Lipinski definition) is 3. The Hall–Kier alpha value is -5.56. The molecule has 4 aromatic rings. The van der Waals surface area contributed by atoms with E-state index in [0.717, 1.165) is 55.4 Å². The molecule has 0 spiro atoms. The van der Waals surface area contributed by atoms with Gasteiger partial charge in [0.25, 0.3) is 0 Å². The maximum atomic E-state index is 14.0. The number of carbonyl (C=O) groups is 3. The number of anilines is 2. The Morgan fingerprint density at radius 1 is 0.577 bits per heavy atom. The summed E-state index contributed by atoms with van der Waals surface area (Å²) in [6.45, 7) is 0. The molecule has 276 valence electrons. The third kappa shape index (κ3) is 10.3. The lowest BCUT2D eigenvalue weighted by molar-refractivity contribution is -0.120. The second kappa shape index (κ2) is 16.2. The Kier molecular flexibility index (Phi) is 12.2. The molecule has 2 atom stereocenters. The van der Waals surface area contributed by atoms with Crippen molar-refractivity contribution in [2.24, 2.45) is 0 Å². The third-order valence-electron chi connectivity index (χ3n) is 7.39. The molecular formula is C33H27F8N5O5S. The second-order valence-electron chi connectivity index (χ2n) is 11.3. The van der Waals surface area contributed by atoms with Gasteiger partial charge in [-0.2, -0.15) is 13.1 Å². The second-order valence-corrected chi connectivity index (χ2v) is 12.7. The number of urea groups is 1. The van der Waals surface area contributed by atoms with E-state index in [1.807, 2.05) is 10.0 Å². The normalized spacial score (nSPS) is 12.5. The van der Waals surface area contributed by atoms with Gasteiger partial charge in [-0.3, -0.25) is 9.59 Å². The van der Waals surface area contributed by atoms with E-state index in [4.69, 9.17) is 0 Å². The Morgan fingerprint density at radius 3 is 1.37 bits per heavy atom. The standard InChI is InChI=1S/C33H27F8N5O5S/c1-45(23-3-5-25(38)27(40)15-23)31(47)29(11-17-7-19(34)13-20(35)8-17)42-33(49)44-52(50,51)43-30(12-18-9-21(36)14-22(37)10-18)32(48)46(2)24-4-6-26(39)28(41)16-24/h3-10,13-16,29-30,43H,11-12H2,1-2H3,(H2,42,44,49)/t29-,30-/m0/s1. The summed E-state index contributed by atoms with van der Waals surface area (Å²) in [5.41, 5.74) is -0.917. The average Bonchev–Trinajstić information content (AvgIpc) is 3.04. The minimum atomic E-state index is -5.15. The Labute approximate surface area is 291 Å². The molecule has 10 nitrogen and oxygen atoms in total. The molecule has 4 aromatic carbocycles. The lowest BCUT2D eigenvalue weighted by Crippen LogP contribution is -2.57. The molecule has 0 aliphatic rings. The molecule has 52 heavy (non-hydrogen) atoms. The zero-order valence-electron chi connectivity index (χ0n) is 26.9. The largest absolute Gasteiger partial charge is 0.330 e. The number of likely N-dealkylation sites (N-methyl/N-ethyl adjacent to an activating group) is 2. The minimum Gasteiger partial charge on any atom is -0.325 e. The van der Waals surface area contributed by atoms with Gasteiger partial charge in [0.15, 0.2) is 23.3 Å². The first-order chi connectivity index (χ1) is 24.3. The molecule has 0 saturated carbocycles. The van der Waals surface area contributed by atoms with Gasteiger partial charge in [0.2, 0.25) is 11.8 Å². The molecule has 0 fully saturated rings. The molecule has 4 rings (SSSR count). The van der Waals surface area contributed by atoms with Gasteiger partial charge in [-0.25, -0.2) is 44.6 Å². The highest BCUT2D eigenvalue weighted by atomic mass is 32.2. The quantitative estimate of drug-likeness (QED) is 0.180. The lowest BCUT2D eigenvalue weighted by Gasteiger charge is -2.26. The van der Waals surface area contributed by atoms with E-state index in [-0.39, 0.29) is 22.5 Å². The highest BCUT2D eigenvalue weighted by molar-refractivity contribution is 7.88. The summed E-state index contributed by atoms with van der Waals surface area (Å²) in [6.07, 6.45) is -1.40. The monoisotopic (exact) mass is 757 g/mol. The van der Waals surface area contributed by atoms with Crippen LogP contribution in [0.2, 0.25) is 0 Å². The number of rotatable bonds is 12. The van der Waals surface area contributed by atoms with E-state index in [9.17, 15) is 57.9 Å². The topological polar surface area (TPSA) is 128 Å². The smallest absolute Gasteiger partial charge is 0.325 e. The SMILES string of the molecule is CN(C(=O)[C@H](Cc1cc(F)cc(F)c1)NC(=O)NS(=O)(=O)N[C@@H](Cc1cc(F)cc(F)c1)C(=O)N(C)c1ccc(F)c(F)c1)c1ccc(F)c(F)c1. The summed E-state index contributed by atoms with van der Waals surface area (Å²) in [6, 6.07) is 3.41. The Bertz CT molecular complexity index is 2080. The van der Waals surface area contributed by atoms with Crippen molar-refractivity contribution in [2.45, 2.75) is 24.9 Å². The van der Waals surface area contributed by atoms with Gasteiger partial charge in [-0.15, -0.1) is 0 Å². The maximum absolute atomic E-state index is 14.0. The molecule has 0 heterocycles. The van der Waals surface area contributed by atoms with Gasteiger partial charge in [0.1, 0.15) is 35.4 Å². The van der Waals surface area contributed by atoms with Crippen LogP contribution in [-0.2, 0) is 32.6 Å². The molecule has 0 aromatic heterocycles. The van der Waals surface area contributed by atoms with E-state index < -0.39 is 99.5 Å². The van der Waals surface area contributed by atoms with Gasteiger partial charge in [0, 0.05) is 56.2 Å². The molecule has 0 saturated heterocycles. The van der Waals surface area contributed by atoms with E-state index in [2.05, 4.69) is 0 Å². The molecule has 0 aliphatic carbocycles. The van der Waals surface area contributed by atoms with Crippen LogP contribution in [0.4, 0.5) is 51.3 Å². The van der Waals surface area contributed by atoms with E-state index >= 15 is 0 Å². The fourth-order valence-corrected chi connectivity index (χ4v) is 5.86. The first kappa shape index (κ1) is 39.2. The van der Waals surface area contributed by atoms with Crippen LogP contribution in [0.15, 0.2) is 72.8 Å². The van der Waals surface area contributed by atoms with Crippen molar-refractivity contribution >= 4 is 39.4 Å². The van der Waals surface area contributed by atoms with Gasteiger partial charge in [0.05, 0.1) is 0 Å². The highest BCUT2D eigenvalue weighted by Gasteiger charge is 2.32. The molecule has 0 unspecified atom stereocenters. The van der Waals surface area contributed by atoms with Crippen molar-refractivity contribution in [1.29, 1.82) is 0 Å². The van der Waals surface area contributed by atoms with Crippen LogP contribution in [0, 0.1) is 46.5 Å². The van der Waals surface area contributed by atoms with Crippen molar-refractivity contribution in [3.8, 4) is 0 Å². The third-order valence-corrected chi connectivity index (χ3v) is 8.44. The number of nitrogens with zero attached hydrogens (tertiary/aromatic N) is 2. The number of carbonyl (C=O) groups excluding carboxylic acids is 3. The summed E-state index contributed by atoms with van der Waals surface area (Å²) in [5, 5.41) is 2.02. The van der Waals surface area contributed by atoms with Crippen molar-refractivity contribution in [3.63, 3.8) is 0 Å². The fraction of sp³-hybridized carbons (Fsp3) is 0.182. The van der Waals surface area contributed by atoms with Gasteiger partial charge >= 0.3 is 16.2 Å². The summed E-state index contributed by atoms with van der Waals surface area (Å²) in [4.78, 5) is 41.4. The first-order valence-electron chi connectivity index (χ1n) is 14.8. The molecule has 4 amide bonds. The van der Waals surface area contributed by atoms with Crippen LogP contribution in [-0.4, -0.2) is 52.4 Å². The van der Waals surface area contributed by atoms with Crippen molar-refractivity contribution < 1.29 is 57.9 Å². The van der Waals surface area contributed by atoms with Gasteiger partial charge in [-0.05, 0) is 66.1 Å². The van der Waals surface area contributed by atoms with E-state index in [1.165, 1.54) is 4.72 Å². The first-order valence-corrected chi connectivity index (χ1v) is 16.3. The zero-order valence-corrected chi connectivity index (χ0v) is 27.7. The number of halogens is 8. The number of benzene rings is 4. The van der Waals surface area contributed by atoms with Crippen LogP contribution >= 0.6 is 0 Å². The highest BCUT2D eigenvalue weighted by Crippen LogP contribution is 2.21. The maximum Gasteiger partial charge on any atom is 0.330 e. The molecule has 0 aliphatic heterocycles. The van der Waals surface area contributed by atoms with Crippen molar-refractivity contribution in [1.82, 2.24) is 14.8 Å². The Morgan fingerprint density at radius 2 is 0.962 bits per heavy atom. The number of nitrogens with one attached hydrogen (secondary N) is 3. The van der Waals surface area contributed by atoms with Crippen LogP contribution in [0.5, 0.6) is 0 Å².